The standard InChI is InChI=1S/C12H27N3O/c1-6-11(13)12(16)15(9-10(2)3)8-7-14(4)5/h10-11H,6-9,13H2,1-5H3. The van der Waals surface area contributed by atoms with Gasteiger partial charge in [-0.2, -0.15) is 0 Å². The van der Waals surface area contributed by atoms with Gasteiger partial charge in [-0.25, -0.2) is 0 Å². The van der Waals surface area contributed by atoms with Crippen LogP contribution in [0.5, 0.6) is 0 Å². The normalized spacial score (nSPS) is 13.2. The van der Waals surface area contributed by atoms with Gasteiger partial charge < -0.3 is 15.5 Å². The highest BCUT2D eigenvalue weighted by molar-refractivity contribution is 5.81. The van der Waals surface area contributed by atoms with Crippen molar-refractivity contribution in [1.29, 1.82) is 0 Å². The lowest BCUT2D eigenvalue weighted by molar-refractivity contribution is -0.133. The average molecular weight is 229 g/mol. The highest BCUT2D eigenvalue weighted by Crippen LogP contribution is 2.03. The van der Waals surface area contributed by atoms with Crippen LogP contribution in [0.2, 0.25) is 0 Å². The second-order valence-corrected chi connectivity index (χ2v) is 5.00. The van der Waals surface area contributed by atoms with Crippen LogP contribution in [0.15, 0.2) is 0 Å². The molecule has 0 aliphatic carbocycles. The second kappa shape index (κ2) is 7.63. The fourth-order valence-electron chi connectivity index (χ4n) is 1.46. The van der Waals surface area contributed by atoms with E-state index in [2.05, 4.69) is 18.7 Å². The molecular formula is C12H27N3O. The Labute approximate surface area is 99.8 Å². The van der Waals surface area contributed by atoms with E-state index in [0.717, 1.165) is 19.6 Å². The molecule has 0 aromatic rings. The maximum absolute atomic E-state index is 12.0. The Balaban J connectivity index is 4.34. The lowest BCUT2D eigenvalue weighted by atomic mass is 10.1. The van der Waals surface area contributed by atoms with Gasteiger partial charge in [0.1, 0.15) is 0 Å². The molecule has 0 spiro atoms. The largest absolute Gasteiger partial charge is 0.340 e. The van der Waals surface area contributed by atoms with Crippen LogP contribution in [0.25, 0.3) is 0 Å². The van der Waals surface area contributed by atoms with Crippen molar-refractivity contribution in [3.63, 3.8) is 0 Å². The SMILES string of the molecule is CCC(N)C(=O)N(CCN(C)C)CC(C)C. The van der Waals surface area contributed by atoms with Crippen LogP contribution < -0.4 is 5.73 Å². The van der Waals surface area contributed by atoms with Gasteiger partial charge in [-0.15, -0.1) is 0 Å². The number of likely N-dealkylation sites (N-methyl/N-ethyl adjacent to an activating group) is 1. The molecule has 0 fully saturated rings. The fourth-order valence-corrected chi connectivity index (χ4v) is 1.46. The molecule has 1 atom stereocenters. The summed E-state index contributed by atoms with van der Waals surface area (Å²) in [6.07, 6.45) is 0.704. The van der Waals surface area contributed by atoms with Crippen molar-refractivity contribution in [2.45, 2.75) is 33.2 Å². The molecule has 0 aliphatic rings. The van der Waals surface area contributed by atoms with E-state index in [1.165, 1.54) is 0 Å². The van der Waals surface area contributed by atoms with Gasteiger partial charge in [0.15, 0.2) is 0 Å². The molecule has 0 aliphatic heterocycles. The number of rotatable bonds is 7. The van der Waals surface area contributed by atoms with E-state index in [4.69, 9.17) is 5.73 Å². The van der Waals surface area contributed by atoms with E-state index in [0.29, 0.717) is 12.3 Å². The lowest BCUT2D eigenvalue weighted by Crippen LogP contribution is -2.47. The van der Waals surface area contributed by atoms with Gasteiger partial charge in [0, 0.05) is 19.6 Å². The molecule has 0 saturated heterocycles. The topological polar surface area (TPSA) is 49.6 Å². The summed E-state index contributed by atoms with van der Waals surface area (Å²) in [5.41, 5.74) is 5.79. The maximum atomic E-state index is 12.0. The van der Waals surface area contributed by atoms with Gasteiger partial charge in [0.25, 0.3) is 0 Å². The predicted molar refractivity (Wildman–Crippen MR) is 68.2 cm³/mol. The van der Waals surface area contributed by atoms with E-state index in [1.807, 2.05) is 25.9 Å². The minimum atomic E-state index is -0.346. The molecule has 0 heterocycles. The van der Waals surface area contributed by atoms with Gasteiger partial charge in [0.2, 0.25) is 5.91 Å². The summed E-state index contributed by atoms with van der Waals surface area (Å²) in [5.74, 6) is 0.563. The summed E-state index contributed by atoms with van der Waals surface area (Å²) in [4.78, 5) is 16.0. The molecular weight excluding hydrogens is 202 g/mol. The first-order valence-corrected chi connectivity index (χ1v) is 6.07. The Morgan fingerprint density at radius 1 is 1.25 bits per heavy atom. The highest BCUT2D eigenvalue weighted by Gasteiger charge is 2.20. The van der Waals surface area contributed by atoms with Crippen molar-refractivity contribution in [1.82, 2.24) is 9.80 Å². The number of hydrogen-bond donors (Lipinski definition) is 1. The molecule has 4 heteroatoms. The molecule has 0 aromatic heterocycles. The number of nitrogens with two attached hydrogens (primary N) is 1. The van der Waals surface area contributed by atoms with Crippen molar-refractivity contribution in [3.05, 3.63) is 0 Å². The Bertz CT molecular complexity index is 204. The van der Waals surface area contributed by atoms with Crippen molar-refractivity contribution in [2.75, 3.05) is 33.7 Å². The third kappa shape index (κ3) is 6.08. The summed E-state index contributed by atoms with van der Waals surface area (Å²) < 4.78 is 0. The zero-order chi connectivity index (χ0) is 12.7. The first-order valence-electron chi connectivity index (χ1n) is 6.07. The zero-order valence-electron chi connectivity index (χ0n) is 11.4. The summed E-state index contributed by atoms with van der Waals surface area (Å²) in [6.45, 7) is 8.62. The summed E-state index contributed by atoms with van der Waals surface area (Å²) in [7, 11) is 4.02. The van der Waals surface area contributed by atoms with E-state index < -0.39 is 0 Å². The first kappa shape index (κ1) is 15.4. The number of amides is 1. The monoisotopic (exact) mass is 229 g/mol. The van der Waals surface area contributed by atoms with Crippen molar-refractivity contribution in [2.24, 2.45) is 11.7 Å². The smallest absolute Gasteiger partial charge is 0.239 e. The molecule has 16 heavy (non-hydrogen) atoms. The fraction of sp³-hybridized carbons (Fsp3) is 0.917. The van der Waals surface area contributed by atoms with Crippen LogP contribution in [-0.2, 0) is 4.79 Å². The van der Waals surface area contributed by atoms with E-state index >= 15 is 0 Å². The number of hydrogen-bond acceptors (Lipinski definition) is 3. The molecule has 0 bridgehead atoms. The molecule has 0 aromatic carbocycles. The minimum Gasteiger partial charge on any atom is -0.340 e. The molecule has 2 N–H and O–H groups in total. The van der Waals surface area contributed by atoms with Crippen LogP contribution >= 0.6 is 0 Å². The van der Waals surface area contributed by atoms with E-state index in [9.17, 15) is 4.79 Å². The van der Waals surface area contributed by atoms with Crippen molar-refractivity contribution < 1.29 is 4.79 Å². The third-order valence-electron chi connectivity index (χ3n) is 2.47. The molecule has 0 rings (SSSR count). The Morgan fingerprint density at radius 2 is 1.81 bits per heavy atom. The summed E-state index contributed by atoms with van der Waals surface area (Å²) >= 11 is 0. The predicted octanol–water partition coefficient (Wildman–Crippen LogP) is 0.770. The van der Waals surface area contributed by atoms with Crippen LogP contribution in [0.4, 0.5) is 0 Å². The van der Waals surface area contributed by atoms with Gasteiger partial charge in [-0.3, -0.25) is 4.79 Å². The van der Waals surface area contributed by atoms with E-state index in [-0.39, 0.29) is 11.9 Å². The van der Waals surface area contributed by atoms with Crippen LogP contribution in [0.1, 0.15) is 27.2 Å². The number of carbonyl (C=O) groups excluding carboxylic acids is 1. The average Bonchev–Trinajstić information content (AvgIpc) is 2.21. The second-order valence-electron chi connectivity index (χ2n) is 5.00. The quantitative estimate of drug-likeness (QED) is 0.701. The number of carbonyl (C=O) groups is 1. The Morgan fingerprint density at radius 3 is 2.19 bits per heavy atom. The Hall–Kier alpha value is -0.610. The molecule has 0 radical (unpaired) electrons. The van der Waals surface area contributed by atoms with Crippen molar-refractivity contribution in [3.8, 4) is 0 Å². The first-order chi connectivity index (χ1) is 7.38. The van der Waals surface area contributed by atoms with Gasteiger partial charge in [-0.1, -0.05) is 20.8 Å². The van der Waals surface area contributed by atoms with Crippen LogP contribution in [-0.4, -0.2) is 55.5 Å². The lowest BCUT2D eigenvalue weighted by Gasteiger charge is -2.28. The zero-order valence-corrected chi connectivity index (χ0v) is 11.4. The maximum Gasteiger partial charge on any atom is 0.239 e. The van der Waals surface area contributed by atoms with Gasteiger partial charge >= 0.3 is 0 Å². The Kier molecular flexibility index (Phi) is 7.34. The van der Waals surface area contributed by atoms with Crippen LogP contribution in [0.3, 0.4) is 0 Å². The van der Waals surface area contributed by atoms with Gasteiger partial charge in [0.05, 0.1) is 6.04 Å². The van der Waals surface area contributed by atoms with Crippen LogP contribution in [0, 0.1) is 5.92 Å². The summed E-state index contributed by atoms with van der Waals surface area (Å²) in [6, 6.07) is -0.346. The number of nitrogens with zero attached hydrogens (tertiary/aromatic N) is 2. The molecule has 1 amide bonds. The highest BCUT2D eigenvalue weighted by atomic mass is 16.2. The molecule has 0 saturated carbocycles. The molecule has 1 unspecified atom stereocenters. The third-order valence-corrected chi connectivity index (χ3v) is 2.47. The summed E-state index contributed by atoms with van der Waals surface area (Å²) in [5, 5.41) is 0. The minimum absolute atomic E-state index is 0.0815. The molecule has 4 nitrogen and oxygen atoms in total. The van der Waals surface area contributed by atoms with E-state index in [1.54, 1.807) is 0 Å². The van der Waals surface area contributed by atoms with Crippen molar-refractivity contribution >= 4 is 5.91 Å². The van der Waals surface area contributed by atoms with Gasteiger partial charge in [-0.05, 0) is 26.4 Å². The molecule has 96 valence electrons.